The van der Waals surface area contributed by atoms with Crippen LogP contribution in [0.2, 0.25) is 0 Å². The Bertz CT molecular complexity index is 311. The number of rotatable bonds is 6. The number of benzene rings is 1. The van der Waals surface area contributed by atoms with Crippen LogP contribution in [0.1, 0.15) is 31.7 Å². The first-order chi connectivity index (χ1) is 7.74. The summed E-state index contributed by atoms with van der Waals surface area (Å²) in [7, 11) is 0. The first-order valence-corrected chi connectivity index (χ1v) is 5.77. The maximum absolute atomic E-state index is 11.5. The zero-order valence-electron chi connectivity index (χ0n) is 9.72. The Morgan fingerprint density at radius 3 is 2.62 bits per heavy atom. The van der Waals surface area contributed by atoms with E-state index >= 15 is 0 Å². The van der Waals surface area contributed by atoms with E-state index in [1.807, 2.05) is 37.3 Å². The molecule has 16 heavy (non-hydrogen) atoms. The van der Waals surface area contributed by atoms with Crippen molar-refractivity contribution in [3.63, 3.8) is 0 Å². The Balaban J connectivity index is 2.29. The van der Waals surface area contributed by atoms with Gasteiger partial charge in [0.2, 0.25) is 5.91 Å². The van der Waals surface area contributed by atoms with Crippen molar-refractivity contribution in [3.8, 4) is 0 Å². The number of hydrogen-bond acceptors (Lipinski definition) is 2. The van der Waals surface area contributed by atoms with Crippen molar-refractivity contribution in [3.05, 3.63) is 35.9 Å². The molecule has 1 rings (SSSR count). The summed E-state index contributed by atoms with van der Waals surface area (Å²) in [6.45, 7) is 2.46. The van der Waals surface area contributed by atoms with Crippen LogP contribution in [-0.4, -0.2) is 22.7 Å². The average Bonchev–Trinajstić information content (AvgIpc) is 2.34. The van der Waals surface area contributed by atoms with Gasteiger partial charge in [-0.25, -0.2) is 5.06 Å². The van der Waals surface area contributed by atoms with Crippen molar-refractivity contribution in [2.24, 2.45) is 0 Å². The zero-order valence-corrected chi connectivity index (χ0v) is 9.72. The number of hydroxylamine groups is 2. The lowest BCUT2D eigenvalue weighted by molar-refractivity contribution is -0.165. The Morgan fingerprint density at radius 1 is 1.31 bits per heavy atom. The van der Waals surface area contributed by atoms with E-state index in [1.54, 1.807) is 0 Å². The van der Waals surface area contributed by atoms with Crippen molar-refractivity contribution in [1.29, 1.82) is 0 Å². The lowest BCUT2D eigenvalue weighted by Gasteiger charge is -2.14. The summed E-state index contributed by atoms with van der Waals surface area (Å²) in [5, 5.41) is 10.3. The molecule has 0 aliphatic heterocycles. The molecule has 0 radical (unpaired) electrons. The van der Waals surface area contributed by atoms with Crippen LogP contribution in [0.4, 0.5) is 0 Å². The first-order valence-electron chi connectivity index (χ1n) is 5.77. The Labute approximate surface area is 96.7 Å². The van der Waals surface area contributed by atoms with Crippen LogP contribution in [0.25, 0.3) is 0 Å². The molecule has 0 fully saturated rings. The van der Waals surface area contributed by atoms with Crippen LogP contribution in [0.5, 0.6) is 0 Å². The topological polar surface area (TPSA) is 40.5 Å². The molecule has 0 aromatic heterocycles. The SMILES string of the molecule is CCCCN(O)C(=O)CCc1ccccc1. The van der Waals surface area contributed by atoms with Gasteiger partial charge in [-0.05, 0) is 18.4 Å². The third-order valence-corrected chi connectivity index (χ3v) is 2.48. The molecule has 1 N–H and O–H groups in total. The number of carbonyl (C=O) groups is 1. The zero-order chi connectivity index (χ0) is 11.8. The molecule has 0 heterocycles. The van der Waals surface area contributed by atoms with Gasteiger partial charge in [0.1, 0.15) is 0 Å². The molecule has 3 nitrogen and oxygen atoms in total. The van der Waals surface area contributed by atoms with Crippen LogP contribution in [-0.2, 0) is 11.2 Å². The highest BCUT2D eigenvalue weighted by Crippen LogP contribution is 2.04. The second kappa shape index (κ2) is 7.01. The van der Waals surface area contributed by atoms with E-state index in [4.69, 9.17) is 0 Å². The minimum atomic E-state index is -0.197. The fourth-order valence-electron chi connectivity index (χ4n) is 1.46. The summed E-state index contributed by atoms with van der Waals surface area (Å²) < 4.78 is 0. The van der Waals surface area contributed by atoms with E-state index in [1.165, 1.54) is 0 Å². The molecule has 0 saturated heterocycles. The van der Waals surface area contributed by atoms with Crippen molar-refractivity contribution < 1.29 is 10.0 Å². The van der Waals surface area contributed by atoms with Gasteiger partial charge in [0.15, 0.2) is 0 Å². The molecule has 3 heteroatoms. The minimum absolute atomic E-state index is 0.197. The molecule has 0 bridgehead atoms. The summed E-state index contributed by atoms with van der Waals surface area (Å²) in [6.07, 6.45) is 2.86. The van der Waals surface area contributed by atoms with Crippen LogP contribution in [0, 0.1) is 0 Å². The van der Waals surface area contributed by atoms with Gasteiger partial charge in [-0.15, -0.1) is 0 Å². The second-order valence-electron chi connectivity index (χ2n) is 3.86. The fourth-order valence-corrected chi connectivity index (χ4v) is 1.46. The highest BCUT2D eigenvalue weighted by Gasteiger charge is 2.09. The van der Waals surface area contributed by atoms with Crippen LogP contribution in [0.3, 0.4) is 0 Å². The van der Waals surface area contributed by atoms with E-state index < -0.39 is 0 Å². The van der Waals surface area contributed by atoms with Gasteiger partial charge in [0.05, 0.1) is 0 Å². The van der Waals surface area contributed by atoms with Gasteiger partial charge in [-0.3, -0.25) is 10.0 Å². The molecule has 0 spiro atoms. The Hall–Kier alpha value is -1.35. The predicted octanol–water partition coefficient (Wildman–Crippen LogP) is 2.64. The molecule has 0 unspecified atom stereocenters. The van der Waals surface area contributed by atoms with Gasteiger partial charge in [-0.2, -0.15) is 0 Å². The summed E-state index contributed by atoms with van der Waals surface area (Å²) in [4.78, 5) is 11.5. The standard InChI is InChI=1S/C13H19NO2/c1-2-3-11-14(16)13(15)10-9-12-7-5-4-6-8-12/h4-8,16H,2-3,9-11H2,1H3. The van der Waals surface area contributed by atoms with Gasteiger partial charge in [0, 0.05) is 13.0 Å². The van der Waals surface area contributed by atoms with Crippen LogP contribution >= 0.6 is 0 Å². The predicted molar refractivity (Wildman–Crippen MR) is 63.2 cm³/mol. The van der Waals surface area contributed by atoms with E-state index in [0.29, 0.717) is 19.4 Å². The summed E-state index contributed by atoms with van der Waals surface area (Å²) in [5.74, 6) is -0.197. The number of amides is 1. The van der Waals surface area contributed by atoms with Crippen LogP contribution in [0.15, 0.2) is 30.3 Å². The monoisotopic (exact) mass is 221 g/mol. The van der Waals surface area contributed by atoms with Gasteiger partial charge >= 0.3 is 0 Å². The van der Waals surface area contributed by atoms with Gasteiger partial charge < -0.3 is 0 Å². The normalized spacial score (nSPS) is 10.1. The quantitative estimate of drug-likeness (QED) is 0.592. The van der Waals surface area contributed by atoms with E-state index in [9.17, 15) is 10.0 Å². The minimum Gasteiger partial charge on any atom is -0.286 e. The molecule has 1 aromatic carbocycles. The fraction of sp³-hybridized carbons (Fsp3) is 0.462. The molecule has 88 valence electrons. The van der Waals surface area contributed by atoms with E-state index in [2.05, 4.69) is 0 Å². The third kappa shape index (κ3) is 4.45. The van der Waals surface area contributed by atoms with Crippen molar-refractivity contribution in [1.82, 2.24) is 5.06 Å². The maximum atomic E-state index is 11.5. The lowest BCUT2D eigenvalue weighted by atomic mass is 10.1. The number of aryl methyl sites for hydroxylation is 1. The molecule has 1 aromatic rings. The summed E-state index contributed by atoms with van der Waals surface area (Å²) in [5.41, 5.74) is 1.12. The summed E-state index contributed by atoms with van der Waals surface area (Å²) >= 11 is 0. The second-order valence-corrected chi connectivity index (χ2v) is 3.86. The molecule has 0 aliphatic rings. The summed E-state index contributed by atoms with van der Waals surface area (Å²) in [6, 6.07) is 9.83. The Kier molecular flexibility index (Phi) is 5.57. The number of unbranched alkanes of at least 4 members (excludes halogenated alkanes) is 1. The third-order valence-electron chi connectivity index (χ3n) is 2.48. The Morgan fingerprint density at radius 2 is 2.00 bits per heavy atom. The van der Waals surface area contributed by atoms with E-state index in [-0.39, 0.29) is 5.91 Å². The smallest absolute Gasteiger partial charge is 0.246 e. The van der Waals surface area contributed by atoms with Gasteiger partial charge in [0.25, 0.3) is 0 Å². The number of carbonyl (C=O) groups excluding carboxylic acids is 1. The molecule has 0 saturated carbocycles. The molecule has 1 amide bonds. The number of hydrogen-bond donors (Lipinski definition) is 1. The molecular formula is C13H19NO2. The van der Waals surface area contributed by atoms with Crippen molar-refractivity contribution in [2.45, 2.75) is 32.6 Å². The van der Waals surface area contributed by atoms with Crippen molar-refractivity contribution in [2.75, 3.05) is 6.54 Å². The first kappa shape index (κ1) is 12.7. The largest absolute Gasteiger partial charge is 0.286 e. The molecule has 0 aliphatic carbocycles. The molecule has 0 atom stereocenters. The molecular weight excluding hydrogens is 202 g/mol. The van der Waals surface area contributed by atoms with E-state index in [0.717, 1.165) is 23.5 Å². The highest BCUT2D eigenvalue weighted by atomic mass is 16.5. The maximum Gasteiger partial charge on any atom is 0.246 e. The van der Waals surface area contributed by atoms with Gasteiger partial charge in [-0.1, -0.05) is 43.7 Å². The highest BCUT2D eigenvalue weighted by molar-refractivity contribution is 5.75. The number of nitrogens with zero attached hydrogens (tertiary/aromatic N) is 1. The average molecular weight is 221 g/mol. The van der Waals surface area contributed by atoms with Crippen molar-refractivity contribution >= 4 is 5.91 Å². The lowest BCUT2D eigenvalue weighted by Crippen LogP contribution is -2.28. The van der Waals surface area contributed by atoms with Crippen LogP contribution < -0.4 is 0 Å².